The third kappa shape index (κ3) is 59.6. The van der Waals surface area contributed by atoms with E-state index in [0.717, 1.165) is 51.4 Å². The number of hydrogen-bond donors (Lipinski definition) is 3. The van der Waals surface area contributed by atoms with Crippen LogP contribution >= 0.6 is 0 Å². The van der Waals surface area contributed by atoms with Crippen molar-refractivity contribution in [3.63, 3.8) is 0 Å². The van der Waals surface area contributed by atoms with E-state index >= 15 is 0 Å². The molecule has 0 aliphatic carbocycles. The van der Waals surface area contributed by atoms with Crippen LogP contribution in [-0.2, 0) is 14.3 Å². The van der Waals surface area contributed by atoms with E-state index < -0.39 is 12.1 Å². The van der Waals surface area contributed by atoms with Crippen molar-refractivity contribution in [2.75, 3.05) is 13.2 Å². The molecule has 0 aliphatic rings. The van der Waals surface area contributed by atoms with Crippen molar-refractivity contribution in [3.05, 3.63) is 24.3 Å². The van der Waals surface area contributed by atoms with Crippen LogP contribution in [0.15, 0.2) is 24.3 Å². The average molecular weight is 1040 g/mol. The number of carbonyl (C=O) groups is 2. The summed E-state index contributed by atoms with van der Waals surface area (Å²) < 4.78 is 5.51. The van der Waals surface area contributed by atoms with E-state index in [1.807, 2.05) is 0 Å². The summed E-state index contributed by atoms with van der Waals surface area (Å²) in [6, 6.07) is -0.537. The fourth-order valence-electron chi connectivity index (χ4n) is 10.6. The summed E-state index contributed by atoms with van der Waals surface area (Å²) in [5.74, 6) is -0.0169. The Morgan fingerprint density at radius 1 is 0.378 bits per heavy atom. The first-order chi connectivity index (χ1) is 36.5. The summed E-state index contributed by atoms with van der Waals surface area (Å²) in [5.41, 5.74) is 0. The Bertz CT molecular complexity index is 1150. The van der Waals surface area contributed by atoms with Gasteiger partial charge in [-0.3, -0.25) is 9.59 Å². The second-order valence-corrected chi connectivity index (χ2v) is 23.2. The van der Waals surface area contributed by atoms with Gasteiger partial charge in [-0.1, -0.05) is 327 Å². The van der Waals surface area contributed by atoms with Gasteiger partial charge in [0.1, 0.15) is 0 Å². The van der Waals surface area contributed by atoms with Crippen LogP contribution in [-0.4, -0.2) is 47.4 Å². The van der Waals surface area contributed by atoms with E-state index in [4.69, 9.17) is 4.74 Å². The summed E-state index contributed by atoms with van der Waals surface area (Å²) in [5, 5.41) is 23.2. The number of carbonyl (C=O) groups excluding carboxylic acids is 2. The number of aliphatic hydroxyl groups excluding tert-OH is 2. The van der Waals surface area contributed by atoms with Gasteiger partial charge in [0.15, 0.2) is 0 Å². The number of esters is 1. The standard InChI is InChI=1S/C68H131NO5/c1-3-5-7-9-11-13-15-16-17-18-28-32-35-38-42-46-50-54-58-62-68(73)74-63-59-55-51-47-43-39-36-33-30-27-25-23-21-19-20-22-24-26-29-31-34-37-41-45-49-53-57-61-67(72)69-65(64-70)66(71)60-56-52-48-44-40-14-12-10-8-6-4-2/h11,13,16-17,65-66,70-71H,3-10,12,14-15,18-64H2,1-2H3,(H,69,72)/b13-11-,17-16-. The highest BCUT2D eigenvalue weighted by molar-refractivity contribution is 5.76. The fraction of sp³-hybridized carbons (Fsp3) is 0.912. The lowest BCUT2D eigenvalue weighted by Gasteiger charge is -2.22. The molecule has 0 fully saturated rings. The minimum Gasteiger partial charge on any atom is -0.466 e. The van der Waals surface area contributed by atoms with E-state index in [1.54, 1.807) is 0 Å². The lowest BCUT2D eigenvalue weighted by molar-refractivity contribution is -0.143. The molecule has 6 nitrogen and oxygen atoms in total. The molecule has 1 amide bonds. The summed E-state index contributed by atoms with van der Waals surface area (Å²) in [7, 11) is 0. The number of ether oxygens (including phenoxy) is 1. The fourth-order valence-corrected chi connectivity index (χ4v) is 10.6. The highest BCUT2D eigenvalue weighted by Crippen LogP contribution is 2.19. The van der Waals surface area contributed by atoms with Gasteiger partial charge in [0.2, 0.25) is 5.91 Å². The van der Waals surface area contributed by atoms with Crippen molar-refractivity contribution in [3.8, 4) is 0 Å². The van der Waals surface area contributed by atoms with E-state index in [0.29, 0.717) is 25.9 Å². The molecule has 3 N–H and O–H groups in total. The molecular weight excluding hydrogens is 911 g/mol. The first kappa shape index (κ1) is 72.3. The van der Waals surface area contributed by atoms with Gasteiger partial charge in [0.05, 0.1) is 25.4 Å². The second-order valence-electron chi connectivity index (χ2n) is 23.2. The SMILES string of the molecule is CCCCC/C=C\C/C=C\CCCCCCCCCCCC(=O)OCCCCCCCCCCCCCCCCCCCCCCCCCCCCCC(=O)NC(CO)C(O)CCCCCCCCCCCCC. The molecule has 6 heteroatoms. The summed E-state index contributed by atoms with van der Waals surface area (Å²) in [4.78, 5) is 24.6. The van der Waals surface area contributed by atoms with Gasteiger partial charge in [-0.15, -0.1) is 0 Å². The first-order valence-corrected chi connectivity index (χ1v) is 33.6. The zero-order chi connectivity index (χ0) is 53.6. The maximum atomic E-state index is 12.5. The van der Waals surface area contributed by atoms with Gasteiger partial charge in [-0.05, 0) is 57.8 Å². The maximum absolute atomic E-state index is 12.5. The smallest absolute Gasteiger partial charge is 0.305 e. The normalized spacial score (nSPS) is 12.6. The Kier molecular flexibility index (Phi) is 62.4. The van der Waals surface area contributed by atoms with Crippen molar-refractivity contribution in [2.24, 2.45) is 0 Å². The predicted octanol–water partition coefficient (Wildman–Crippen LogP) is 21.4. The zero-order valence-corrected chi connectivity index (χ0v) is 50.1. The van der Waals surface area contributed by atoms with Crippen molar-refractivity contribution >= 4 is 11.9 Å². The lowest BCUT2D eigenvalue weighted by atomic mass is 10.0. The molecule has 2 unspecified atom stereocenters. The topological polar surface area (TPSA) is 95.9 Å². The highest BCUT2D eigenvalue weighted by Gasteiger charge is 2.20. The number of hydrogen-bond acceptors (Lipinski definition) is 5. The molecule has 438 valence electrons. The van der Waals surface area contributed by atoms with Crippen LogP contribution < -0.4 is 5.32 Å². The van der Waals surface area contributed by atoms with E-state index in [2.05, 4.69) is 43.5 Å². The predicted molar refractivity (Wildman–Crippen MR) is 324 cm³/mol. The molecule has 2 atom stereocenters. The van der Waals surface area contributed by atoms with Crippen molar-refractivity contribution < 1.29 is 24.5 Å². The first-order valence-electron chi connectivity index (χ1n) is 33.6. The molecular formula is C68H131NO5. The Hall–Kier alpha value is -1.66. The third-order valence-corrected chi connectivity index (χ3v) is 15.8. The van der Waals surface area contributed by atoms with Crippen LogP contribution in [0.2, 0.25) is 0 Å². The number of amides is 1. The molecule has 0 aliphatic heterocycles. The maximum Gasteiger partial charge on any atom is 0.305 e. The summed E-state index contributed by atoms with van der Waals surface area (Å²) >= 11 is 0. The number of unbranched alkanes of at least 4 members (excludes halogenated alkanes) is 48. The second kappa shape index (κ2) is 63.9. The van der Waals surface area contributed by atoms with Crippen molar-refractivity contribution in [2.45, 2.75) is 386 Å². The average Bonchev–Trinajstić information content (AvgIpc) is 3.40. The molecule has 0 radical (unpaired) electrons. The number of rotatable bonds is 63. The van der Waals surface area contributed by atoms with Gasteiger partial charge >= 0.3 is 5.97 Å². The minimum absolute atomic E-state index is 0.0148. The molecule has 0 aromatic carbocycles. The largest absolute Gasteiger partial charge is 0.466 e. The van der Waals surface area contributed by atoms with Crippen LogP contribution in [0.25, 0.3) is 0 Å². The van der Waals surface area contributed by atoms with E-state index in [-0.39, 0.29) is 18.5 Å². The molecule has 0 bridgehead atoms. The van der Waals surface area contributed by atoms with Gasteiger partial charge in [-0.2, -0.15) is 0 Å². The molecule has 0 saturated heterocycles. The Morgan fingerprint density at radius 3 is 1.05 bits per heavy atom. The molecule has 0 aromatic heterocycles. The summed E-state index contributed by atoms with van der Waals surface area (Å²) in [6.07, 6.45) is 79.3. The van der Waals surface area contributed by atoms with E-state index in [1.165, 1.54) is 289 Å². The van der Waals surface area contributed by atoms with Gasteiger partial charge in [0.25, 0.3) is 0 Å². The van der Waals surface area contributed by atoms with Gasteiger partial charge in [0, 0.05) is 12.8 Å². The molecule has 0 rings (SSSR count). The van der Waals surface area contributed by atoms with Crippen LogP contribution in [0.5, 0.6) is 0 Å². The minimum atomic E-state index is -0.660. The monoisotopic (exact) mass is 1040 g/mol. The summed E-state index contributed by atoms with van der Waals surface area (Å²) in [6.45, 7) is 4.94. The van der Waals surface area contributed by atoms with Crippen molar-refractivity contribution in [1.29, 1.82) is 0 Å². The number of aliphatic hydroxyl groups is 2. The molecule has 0 aromatic rings. The Labute approximate surface area is 462 Å². The quantitative estimate of drug-likeness (QED) is 0.0320. The van der Waals surface area contributed by atoms with Crippen LogP contribution in [0.4, 0.5) is 0 Å². The highest BCUT2D eigenvalue weighted by atomic mass is 16.5. The van der Waals surface area contributed by atoms with Crippen molar-refractivity contribution in [1.82, 2.24) is 5.32 Å². The Balaban J connectivity index is 3.31. The van der Waals surface area contributed by atoms with Crippen LogP contribution in [0, 0.1) is 0 Å². The lowest BCUT2D eigenvalue weighted by Crippen LogP contribution is -2.45. The Morgan fingerprint density at radius 2 is 0.676 bits per heavy atom. The number of nitrogens with one attached hydrogen (secondary N) is 1. The van der Waals surface area contributed by atoms with Crippen LogP contribution in [0.1, 0.15) is 373 Å². The number of allylic oxidation sites excluding steroid dienone is 4. The zero-order valence-electron chi connectivity index (χ0n) is 50.1. The molecule has 0 spiro atoms. The molecule has 0 saturated carbocycles. The van der Waals surface area contributed by atoms with Gasteiger partial charge < -0.3 is 20.3 Å². The van der Waals surface area contributed by atoms with Crippen LogP contribution in [0.3, 0.4) is 0 Å². The third-order valence-electron chi connectivity index (χ3n) is 15.8. The molecule has 0 heterocycles. The van der Waals surface area contributed by atoms with Gasteiger partial charge in [-0.25, -0.2) is 0 Å². The molecule has 74 heavy (non-hydrogen) atoms. The van der Waals surface area contributed by atoms with E-state index in [9.17, 15) is 19.8 Å².